The van der Waals surface area contributed by atoms with E-state index in [2.05, 4.69) is 41.4 Å². The molecule has 2 aromatic heterocycles. The molecule has 1 amide bonds. The van der Waals surface area contributed by atoms with Crippen LogP contribution in [0.3, 0.4) is 0 Å². The standard InChI is InChI=1S/C24H21N5O2S/c1-13(2)32-17-6-3-14(4-7-17)20-12-26-23(25)22(28-20)21-10-19(29-31-21)15-5-8-18-16(9-15)11-27-24(18)30/h3-10,12-13H,11H2,1-2H3,(H2,25,26)(H,27,30). The Labute approximate surface area is 189 Å². The van der Waals surface area contributed by atoms with E-state index in [1.807, 2.05) is 36.0 Å². The van der Waals surface area contributed by atoms with Crippen LogP contribution in [0.4, 0.5) is 5.82 Å². The Morgan fingerprint density at radius 1 is 1.06 bits per heavy atom. The van der Waals surface area contributed by atoms with Crippen LogP contribution in [-0.4, -0.2) is 26.3 Å². The van der Waals surface area contributed by atoms with Gasteiger partial charge in [-0.1, -0.05) is 37.2 Å². The molecular weight excluding hydrogens is 422 g/mol. The highest BCUT2D eigenvalue weighted by Gasteiger charge is 2.20. The van der Waals surface area contributed by atoms with Crippen LogP contribution in [0.1, 0.15) is 29.8 Å². The quantitative estimate of drug-likeness (QED) is 0.427. The normalized spacial score (nSPS) is 12.8. The SMILES string of the molecule is CC(C)Sc1ccc(-c2cnc(N)c(-c3cc(-c4ccc5c(c4)CNC5=O)no3)n2)cc1. The summed E-state index contributed by atoms with van der Waals surface area (Å²) in [6.07, 6.45) is 1.66. The van der Waals surface area contributed by atoms with Crippen LogP contribution in [0.2, 0.25) is 0 Å². The highest BCUT2D eigenvalue weighted by molar-refractivity contribution is 7.99. The first-order valence-electron chi connectivity index (χ1n) is 10.3. The van der Waals surface area contributed by atoms with E-state index in [0.717, 1.165) is 16.7 Å². The minimum atomic E-state index is -0.0527. The molecule has 2 aromatic carbocycles. The van der Waals surface area contributed by atoms with E-state index < -0.39 is 0 Å². The van der Waals surface area contributed by atoms with E-state index in [1.54, 1.807) is 18.3 Å². The van der Waals surface area contributed by atoms with Gasteiger partial charge in [-0.15, -0.1) is 11.8 Å². The van der Waals surface area contributed by atoms with Crippen LogP contribution in [-0.2, 0) is 6.54 Å². The second-order valence-electron chi connectivity index (χ2n) is 7.81. The zero-order valence-electron chi connectivity index (χ0n) is 17.6. The van der Waals surface area contributed by atoms with E-state index in [1.165, 1.54) is 4.90 Å². The van der Waals surface area contributed by atoms with Crippen LogP contribution >= 0.6 is 11.8 Å². The predicted molar refractivity (Wildman–Crippen MR) is 125 cm³/mol. The van der Waals surface area contributed by atoms with Gasteiger partial charge >= 0.3 is 0 Å². The number of hydrogen-bond donors (Lipinski definition) is 2. The molecule has 1 aliphatic rings. The summed E-state index contributed by atoms with van der Waals surface area (Å²) in [7, 11) is 0. The van der Waals surface area contributed by atoms with Gasteiger partial charge in [0.25, 0.3) is 5.91 Å². The summed E-state index contributed by atoms with van der Waals surface area (Å²) in [5.41, 5.74) is 11.3. The molecule has 8 heteroatoms. The fraction of sp³-hybridized carbons (Fsp3) is 0.167. The molecule has 160 valence electrons. The van der Waals surface area contributed by atoms with Gasteiger partial charge in [-0.3, -0.25) is 4.79 Å². The highest BCUT2D eigenvalue weighted by atomic mass is 32.2. The van der Waals surface area contributed by atoms with Crippen molar-refractivity contribution in [2.45, 2.75) is 30.5 Å². The van der Waals surface area contributed by atoms with Gasteiger partial charge in [-0.25, -0.2) is 9.97 Å². The second kappa shape index (κ2) is 8.12. The molecule has 0 spiro atoms. The minimum absolute atomic E-state index is 0.0527. The third-order valence-electron chi connectivity index (χ3n) is 5.15. The molecule has 7 nitrogen and oxygen atoms in total. The molecule has 0 unspecified atom stereocenters. The number of benzene rings is 2. The number of aromatic nitrogens is 3. The summed E-state index contributed by atoms with van der Waals surface area (Å²) < 4.78 is 5.56. The Balaban J connectivity index is 1.45. The molecule has 0 bridgehead atoms. The lowest BCUT2D eigenvalue weighted by Gasteiger charge is -2.07. The van der Waals surface area contributed by atoms with Crippen LogP contribution in [0.15, 0.2) is 64.1 Å². The second-order valence-corrected chi connectivity index (χ2v) is 9.46. The molecule has 0 fully saturated rings. The number of carbonyl (C=O) groups excluding carboxylic acids is 1. The average molecular weight is 444 g/mol. The van der Waals surface area contributed by atoms with E-state index in [-0.39, 0.29) is 11.7 Å². The molecule has 0 radical (unpaired) electrons. The third-order valence-corrected chi connectivity index (χ3v) is 6.17. The summed E-state index contributed by atoms with van der Waals surface area (Å²) in [4.78, 5) is 22.0. The molecule has 5 rings (SSSR count). The van der Waals surface area contributed by atoms with Crippen molar-refractivity contribution in [3.05, 3.63) is 65.9 Å². The number of fused-ring (bicyclic) bond motifs is 1. The lowest BCUT2D eigenvalue weighted by atomic mass is 10.0. The van der Waals surface area contributed by atoms with Crippen LogP contribution in [0, 0.1) is 0 Å². The molecule has 0 atom stereocenters. The van der Waals surface area contributed by atoms with Gasteiger partial charge in [0.2, 0.25) is 0 Å². The minimum Gasteiger partial charge on any atom is -0.382 e. The number of hydrogen-bond acceptors (Lipinski definition) is 7. The Morgan fingerprint density at radius 3 is 2.62 bits per heavy atom. The maximum atomic E-state index is 11.8. The van der Waals surface area contributed by atoms with Gasteiger partial charge < -0.3 is 15.6 Å². The zero-order valence-corrected chi connectivity index (χ0v) is 18.4. The lowest BCUT2D eigenvalue weighted by Crippen LogP contribution is -2.12. The lowest BCUT2D eigenvalue weighted by molar-refractivity contribution is 0.0966. The first-order chi connectivity index (χ1) is 15.5. The number of rotatable bonds is 5. The highest BCUT2D eigenvalue weighted by Crippen LogP contribution is 2.31. The van der Waals surface area contributed by atoms with Crippen LogP contribution < -0.4 is 11.1 Å². The van der Waals surface area contributed by atoms with Crippen molar-refractivity contribution in [3.63, 3.8) is 0 Å². The Hall–Kier alpha value is -3.65. The summed E-state index contributed by atoms with van der Waals surface area (Å²) in [5.74, 6) is 0.656. The van der Waals surface area contributed by atoms with Crippen LogP contribution in [0.5, 0.6) is 0 Å². The van der Waals surface area contributed by atoms with E-state index >= 15 is 0 Å². The topological polar surface area (TPSA) is 107 Å². The van der Waals surface area contributed by atoms with Gasteiger partial charge in [0.15, 0.2) is 17.3 Å². The number of nitrogens with two attached hydrogens (primary N) is 1. The molecule has 0 saturated carbocycles. The number of nitrogens with one attached hydrogen (secondary N) is 1. The smallest absolute Gasteiger partial charge is 0.251 e. The number of amides is 1. The fourth-order valence-electron chi connectivity index (χ4n) is 3.61. The molecule has 3 N–H and O–H groups in total. The first kappa shape index (κ1) is 20.3. The van der Waals surface area contributed by atoms with E-state index in [0.29, 0.717) is 40.2 Å². The maximum absolute atomic E-state index is 11.8. The van der Waals surface area contributed by atoms with Crippen molar-refractivity contribution < 1.29 is 9.32 Å². The number of nitrogen functional groups attached to an aromatic ring is 1. The van der Waals surface area contributed by atoms with Crippen LogP contribution in [0.25, 0.3) is 34.0 Å². The monoisotopic (exact) mass is 443 g/mol. The van der Waals surface area contributed by atoms with Crippen molar-refractivity contribution in [2.24, 2.45) is 0 Å². The van der Waals surface area contributed by atoms with Crippen molar-refractivity contribution in [1.29, 1.82) is 0 Å². The van der Waals surface area contributed by atoms with Gasteiger partial charge in [0.1, 0.15) is 5.69 Å². The Kier molecular flexibility index (Phi) is 5.14. The van der Waals surface area contributed by atoms with Gasteiger partial charge in [0, 0.05) is 39.4 Å². The molecule has 3 heterocycles. The summed E-state index contributed by atoms with van der Waals surface area (Å²) >= 11 is 1.81. The Bertz CT molecular complexity index is 1310. The van der Waals surface area contributed by atoms with Gasteiger partial charge in [-0.2, -0.15) is 0 Å². The Morgan fingerprint density at radius 2 is 1.84 bits per heavy atom. The predicted octanol–water partition coefficient (Wildman–Crippen LogP) is 4.79. The zero-order chi connectivity index (χ0) is 22.2. The van der Waals surface area contributed by atoms with Gasteiger partial charge in [0.05, 0.1) is 11.9 Å². The molecule has 1 aliphatic heterocycles. The van der Waals surface area contributed by atoms with Crippen molar-refractivity contribution >= 4 is 23.5 Å². The van der Waals surface area contributed by atoms with Crippen molar-refractivity contribution in [1.82, 2.24) is 20.4 Å². The maximum Gasteiger partial charge on any atom is 0.251 e. The van der Waals surface area contributed by atoms with Crippen molar-refractivity contribution in [2.75, 3.05) is 5.73 Å². The average Bonchev–Trinajstić information content (AvgIpc) is 3.41. The summed E-state index contributed by atoms with van der Waals surface area (Å²) in [5, 5.41) is 7.52. The molecule has 32 heavy (non-hydrogen) atoms. The van der Waals surface area contributed by atoms with E-state index in [4.69, 9.17) is 15.2 Å². The third kappa shape index (κ3) is 3.85. The number of anilines is 1. The molecular formula is C24H21N5O2S. The number of thioether (sulfide) groups is 1. The summed E-state index contributed by atoms with van der Waals surface area (Å²) in [6.45, 7) is 4.85. The number of carbonyl (C=O) groups is 1. The fourth-order valence-corrected chi connectivity index (χ4v) is 4.45. The molecule has 0 aliphatic carbocycles. The van der Waals surface area contributed by atoms with Crippen molar-refractivity contribution in [3.8, 4) is 34.0 Å². The number of nitrogens with zero attached hydrogens (tertiary/aromatic N) is 3. The van der Waals surface area contributed by atoms with Gasteiger partial charge in [-0.05, 0) is 29.8 Å². The van der Waals surface area contributed by atoms with E-state index in [9.17, 15) is 4.79 Å². The summed E-state index contributed by atoms with van der Waals surface area (Å²) in [6, 6.07) is 15.6. The molecule has 0 saturated heterocycles. The molecule has 4 aromatic rings. The first-order valence-corrected chi connectivity index (χ1v) is 11.1. The largest absolute Gasteiger partial charge is 0.382 e.